The first-order valence-electron chi connectivity index (χ1n) is 13.9. The molecular formula is C31H46N2O5S. The molecule has 3 unspecified atom stereocenters. The lowest BCUT2D eigenvalue weighted by Gasteiger charge is -2.40. The van der Waals surface area contributed by atoms with Crippen molar-refractivity contribution in [3.8, 4) is 5.75 Å². The van der Waals surface area contributed by atoms with Gasteiger partial charge in [0, 0.05) is 29.7 Å². The molecule has 1 aromatic heterocycles. The molecule has 7 nitrogen and oxygen atoms in total. The van der Waals surface area contributed by atoms with E-state index < -0.39 is 11.6 Å². The van der Waals surface area contributed by atoms with Gasteiger partial charge in [-0.15, -0.1) is 11.3 Å². The number of aromatic nitrogens is 1. The number of thiazole rings is 1. The number of methoxy groups -OCH3 is 2. The number of nitrogens with zero attached hydrogens (tertiary/aromatic N) is 2. The van der Waals surface area contributed by atoms with Gasteiger partial charge in [-0.25, -0.2) is 9.78 Å². The second-order valence-electron chi connectivity index (χ2n) is 12.6. The van der Waals surface area contributed by atoms with Crippen LogP contribution in [0.15, 0.2) is 24.4 Å². The maximum absolute atomic E-state index is 14.7. The summed E-state index contributed by atoms with van der Waals surface area (Å²) in [6.45, 7) is 17.2. The highest BCUT2D eigenvalue weighted by atomic mass is 32.1. The third-order valence-corrected chi connectivity index (χ3v) is 8.19. The second kappa shape index (κ2) is 12.4. The van der Waals surface area contributed by atoms with Gasteiger partial charge in [-0.1, -0.05) is 54.5 Å². The number of rotatable bonds is 10. The Bertz CT molecular complexity index is 1150. The van der Waals surface area contributed by atoms with E-state index in [1.165, 1.54) is 0 Å². The van der Waals surface area contributed by atoms with Crippen molar-refractivity contribution in [3.63, 3.8) is 0 Å². The van der Waals surface area contributed by atoms with Crippen LogP contribution in [0.1, 0.15) is 93.2 Å². The first kappa shape index (κ1) is 31.1. The average molecular weight is 559 g/mol. The predicted octanol–water partition coefficient (Wildman–Crippen LogP) is 6.59. The van der Waals surface area contributed by atoms with Gasteiger partial charge in [0.15, 0.2) is 0 Å². The van der Waals surface area contributed by atoms with E-state index in [0.717, 1.165) is 15.4 Å². The van der Waals surface area contributed by atoms with Gasteiger partial charge in [0.25, 0.3) is 5.91 Å². The molecule has 0 radical (unpaired) electrons. The van der Waals surface area contributed by atoms with Crippen LogP contribution < -0.4 is 4.74 Å². The number of carbonyl (C=O) groups is 2. The molecule has 0 N–H and O–H groups in total. The van der Waals surface area contributed by atoms with E-state index in [-0.39, 0.29) is 35.0 Å². The molecular weight excluding hydrogens is 512 g/mol. The zero-order valence-electron chi connectivity index (χ0n) is 25.3. The zero-order chi connectivity index (χ0) is 29.1. The number of esters is 1. The Morgan fingerprint density at radius 3 is 2.36 bits per heavy atom. The summed E-state index contributed by atoms with van der Waals surface area (Å²) in [5.41, 5.74) is 0.175. The van der Waals surface area contributed by atoms with Crippen LogP contribution in [0, 0.1) is 24.7 Å². The topological polar surface area (TPSA) is 78.0 Å². The smallest absolute Gasteiger partial charge is 0.332 e. The van der Waals surface area contributed by atoms with Gasteiger partial charge in [-0.2, -0.15) is 0 Å². The Labute approximate surface area is 238 Å². The maximum atomic E-state index is 14.7. The summed E-state index contributed by atoms with van der Waals surface area (Å²) in [6.07, 6.45) is 2.75. The first-order chi connectivity index (χ1) is 18.2. The van der Waals surface area contributed by atoms with Crippen LogP contribution >= 0.6 is 11.3 Å². The summed E-state index contributed by atoms with van der Waals surface area (Å²) >= 11 is 1.56. The number of ether oxygens (including phenoxy) is 3. The summed E-state index contributed by atoms with van der Waals surface area (Å²) in [5.74, 6) is 0.271. The Morgan fingerprint density at radius 1 is 1.15 bits per heavy atom. The van der Waals surface area contributed by atoms with E-state index in [9.17, 15) is 9.59 Å². The molecule has 1 aromatic carbocycles. The highest BCUT2D eigenvalue weighted by molar-refractivity contribution is 7.11. The average Bonchev–Trinajstić information content (AvgIpc) is 3.42. The largest absolute Gasteiger partial charge is 0.496 e. The molecule has 8 heteroatoms. The third-order valence-electron chi connectivity index (χ3n) is 7.21. The van der Waals surface area contributed by atoms with Gasteiger partial charge >= 0.3 is 5.97 Å². The van der Waals surface area contributed by atoms with Crippen molar-refractivity contribution in [2.75, 3.05) is 27.4 Å². The van der Waals surface area contributed by atoms with Crippen LogP contribution in [-0.4, -0.2) is 54.7 Å². The molecule has 1 amide bonds. The summed E-state index contributed by atoms with van der Waals surface area (Å²) in [6, 6.07) is 5.18. The van der Waals surface area contributed by atoms with Gasteiger partial charge in [-0.05, 0) is 54.7 Å². The fourth-order valence-electron chi connectivity index (χ4n) is 5.71. The summed E-state index contributed by atoms with van der Waals surface area (Å²) in [5, 5.41) is 0.809. The molecule has 0 spiro atoms. The van der Waals surface area contributed by atoms with Crippen molar-refractivity contribution in [3.05, 3.63) is 45.4 Å². The number of hydrogen-bond donors (Lipinski definition) is 0. The fraction of sp³-hybridized carbons (Fsp3) is 0.645. The molecule has 0 saturated carbocycles. The van der Waals surface area contributed by atoms with Crippen molar-refractivity contribution in [1.29, 1.82) is 0 Å². The summed E-state index contributed by atoms with van der Waals surface area (Å²) in [7, 11) is 3.28. The van der Waals surface area contributed by atoms with Gasteiger partial charge in [0.1, 0.15) is 16.3 Å². The van der Waals surface area contributed by atoms with Crippen molar-refractivity contribution >= 4 is 23.2 Å². The van der Waals surface area contributed by atoms with Crippen molar-refractivity contribution in [2.45, 2.75) is 85.2 Å². The number of aryl methyl sites for hydroxylation is 1. The normalized spacial score (nSPS) is 21.6. The van der Waals surface area contributed by atoms with E-state index >= 15 is 0 Å². The van der Waals surface area contributed by atoms with Crippen LogP contribution in [0.25, 0.3) is 0 Å². The Morgan fingerprint density at radius 2 is 1.85 bits per heavy atom. The minimum absolute atomic E-state index is 0.120. The van der Waals surface area contributed by atoms with E-state index in [1.54, 1.807) is 36.5 Å². The van der Waals surface area contributed by atoms with E-state index in [4.69, 9.17) is 19.2 Å². The van der Waals surface area contributed by atoms with Crippen LogP contribution in [0.3, 0.4) is 0 Å². The van der Waals surface area contributed by atoms with E-state index in [1.807, 2.05) is 39.1 Å². The van der Waals surface area contributed by atoms with Crippen LogP contribution in [-0.2, 0) is 19.7 Å². The molecule has 1 fully saturated rings. The highest BCUT2D eigenvalue weighted by Gasteiger charge is 2.60. The monoisotopic (exact) mass is 558 g/mol. The molecule has 0 aliphatic carbocycles. The highest BCUT2D eigenvalue weighted by Crippen LogP contribution is 2.52. The minimum Gasteiger partial charge on any atom is -0.496 e. The number of benzene rings is 1. The quantitative estimate of drug-likeness (QED) is 0.306. The van der Waals surface area contributed by atoms with Gasteiger partial charge in [0.05, 0.1) is 26.4 Å². The Kier molecular flexibility index (Phi) is 9.87. The molecule has 1 aliphatic heterocycles. The first-order valence-corrected chi connectivity index (χ1v) is 14.7. The Balaban J connectivity index is 2.24. The zero-order valence-corrected chi connectivity index (χ0v) is 26.1. The third kappa shape index (κ3) is 6.65. The van der Waals surface area contributed by atoms with E-state index in [2.05, 4.69) is 34.6 Å². The van der Waals surface area contributed by atoms with Crippen LogP contribution in [0.2, 0.25) is 0 Å². The predicted molar refractivity (Wildman–Crippen MR) is 155 cm³/mol. The lowest BCUT2D eigenvalue weighted by Crippen LogP contribution is -2.55. The lowest BCUT2D eigenvalue weighted by molar-refractivity contribution is -0.158. The van der Waals surface area contributed by atoms with Gasteiger partial charge in [-0.3, -0.25) is 4.79 Å². The van der Waals surface area contributed by atoms with Gasteiger partial charge in [0.2, 0.25) is 0 Å². The molecule has 1 aliphatic rings. The number of carbonyl (C=O) groups excluding carboxylic acids is 2. The summed E-state index contributed by atoms with van der Waals surface area (Å²) < 4.78 is 17.3. The molecule has 1 saturated heterocycles. The molecule has 2 aromatic rings. The lowest BCUT2D eigenvalue weighted by atomic mass is 9.83. The number of hydrogen-bond acceptors (Lipinski definition) is 7. The van der Waals surface area contributed by atoms with E-state index in [0.29, 0.717) is 37.4 Å². The van der Waals surface area contributed by atoms with Crippen LogP contribution in [0.4, 0.5) is 0 Å². The van der Waals surface area contributed by atoms with Crippen molar-refractivity contribution in [2.24, 2.45) is 17.8 Å². The Hall–Kier alpha value is -2.45. The molecule has 39 heavy (non-hydrogen) atoms. The molecule has 2 heterocycles. The number of likely N-dealkylation sites (tertiary alicyclic amines) is 1. The fourth-order valence-corrected chi connectivity index (χ4v) is 6.67. The standard InChI is InChI=1S/C31H46N2O5S/c1-19(2)14-31(29(35)38-17-20(3)4)15-23(18-36-9)26(27-32-16-21(5)39-27)33(31)28(34)22-11-12-24(30(6,7)8)25(13-22)37-10/h11-13,16,19-20,23,26H,14-15,17-18H2,1-10H3. The summed E-state index contributed by atoms with van der Waals surface area (Å²) in [4.78, 5) is 36.3. The van der Waals surface area contributed by atoms with Gasteiger partial charge < -0.3 is 19.1 Å². The minimum atomic E-state index is -1.15. The second-order valence-corrected chi connectivity index (χ2v) is 13.9. The number of amides is 1. The maximum Gasteiger partial charge on any atom is 0.332 e. The molecule has 0 bridgehead atoms. The van der Waals surface area contributed by atoms with Crippen molar-refractivity contribution in [1.82, 2.24) is 9.88 Å². The molecule has 3 rings (SSSR count). The van der Waals surface area contributed by atoms with Crippen molar-refractivity contribution < 1.29 is 23.8 Å². The van der Waals surface area contributed by atoms with Crippen LogP contribution in [0.5, 0.6) is 5.75 Å². The molecule has 3 atom stereocenters. The molecule has 216 valence electrons. The SMILES string of the molecule is COCC1CC(CC(C)C)(C(=O)OCC(C)C)N(C(=O)c2ccc(C(C)(C)C)c(OC)c2)C1c1ncc(C)s1.